The van der Waals surface area contributed by atoms with Crippen LogP contribution in [0.15, 0.2) is 35.1 Å². The Labute approximate surface area is 172 Å². The van der Waals surface area contributed by atoms with Crippen molar-refractivity contribution in [2.24, 2.45) is 5.92 Å². The van der Waals surface area contributed by atoms with E-state index in [0.29, 0.717) is 17.4 Å². The molecule has 0 bridgehead atoms. The first kappa shape index (κ1) is 19.4. The summed E-state index contributed by atoms with van der Waals surface area (Å²) in [7, 11) is 1.60. The van der Waals surface area contributed by atoms with E-state index in [1.54, 1.807) is 7.11 Å². The normalized spacial score (nSPS) is 16.8. The smallest absolute Gasteiger partial charge is 0.274 e. The fourth-order valence-electron chi connectivity index (χ4n) is 3.51. The Balaban J connectivity index is 1.58. The van der Waals surface area contributed by atoms with Crippen LogP contribution < -0.4 is 20.5 Å². The molecule has 0 spiro atoms. The number of fused-ring (bicyclic) bond motifs is 1. The van der Waals surface area contributed by atoms with Crippen LogP contribution in [0.25, 0.3) is 4.96 Å². The molecule has 1 aliphatic heterocycles. The molecule has 1 aromatic carbocycles. The maximum absolute atomic E-state index is 12.8. The zero-order valence-corrected chi connectivity index (χ0v) is 17.2. The van der Waals surface area contributed by atoms with Crippen LogP contribution in [0.4, 0.5) is 5.13 Å². The summed E-state index contributed by atoms with van der Waals surface area (Å²) in [4.78, 5) is 31.5. The molecule has 1 N–H and O–H groups in total. The monoisotopic (exact) mass is 413 g/mol. The van der Waals surface area contributed by atoms with Crippen LogP contribution in [0.5, 0.6) is 5.75 Å². The molecule has 1 amide bonds. The summed E-state index contributed by atoms with van der Waals surface area (Å²) in [5.74, 6) is 0.944. The number of anilines is 1. The number of amides is 1. The van der Waals surface area contributed by atoms with Gasteiger partial charge in [0, 0.05) is 25.7 Å². The summed E-state index contributed by atoms with van der Waals surface area (Å²) in [6.07, 6.45) is 2.31. The van der Waals surface area contributed by atoms with Gasteiger partial charge in [-0.15, -0.1) is 5.10 Å². The lowest BCUT2D eigenvalue weighted by atomic mass is 10.0. The minimum Gasteiger partial charge on any atom is -0.497 e. The second-order valence-corrected chi connectivity index (χ2v) is 8.22. The number of hydrogen-bond acceptors (Lipinski definition) is 7. The zero-order valence-electron chi connectivity index (χ0n) is 16.4. The van der Waals surface area contributed by atoms with Gasteiger partial charge < -0.3 is 15.0 Å². The van der Waals surface area contributed by atoms with Crippen LogP contribution in [0.1, 0.15) is 35.8 Å². The number of carbonyl (C=O) groups excluding carboxylic acids is 1. The first-order chi connectivity index (χ1) is 14.0. The minimum absolute atomic E-state index is 0.190. The molecule has 0 aliphatic carbocycles. The number of piperidine rings is 1. The van der Waals surface area contributed by atoms with Gasteiger partial charge in [-0.05, 0) is 36.5 Å². The molecule has 4 rings (SSSR count). The maximum Gasteiger partial charge on any atom is 0.274 e. The summed E-state index contributed by atoms with van der Waals surface area (Å²) in [5, 5.41) is 8.23. The van der Waals surface area contributed by atoms with E-state index in [0.717, 1.165) is 36.0 Å². The Morgan fingerprint density at radius 3 is 3.03 bits per heavy atom. The van der Waals surface area contributed by atoms with Gasteiger partial charge in [-0.2, -0.15) is 9.50 Å². The number of aromatic nitrogens is 3. The Kier molecular flexibility index (Phi) is 5.48. The van der Waals surface area contributed by atoms with Crippen molar-refractivity contribution in [3.8, 4) is 5.75 Å². The number of nitrogens with one attached hydrogen (secondary N) is 1. The summed E-state index contributed by atoms with van der Waals surface area (Å²) >= 11 is 1.34. The van der Waals surface area contributed by atoms with E-state index in [-0.39, 0.29) is 11.6 Å². The highest BCUT2D eigenvalue weighted by atomic mass is 32.1. The number of rotatable bonds is 5. The molecule has 1 saturated heterocycles. The Morgan fingerprint density at radius 1 is 1.38 bits per heavy atom. The van der Waals surface area contributed by atoms with Crippen LogP contribution in [0.3, 0.4) is 0 Å². The minimum atomic E-state index is -0.446. The van der Waals surface area contributed by atoms with Crippen LogP contribution in [-0.2, 0) is 6.54 Å². The average Bonchev–Trinajstić information content (AvgIpc) is 3.15. The van der Waals surface area contributed by atoms with E-state index in [1.807, 2.05) is 24.3 Å². The first-order valence-electron chi connectivity index (χ1n) is 9.60. The summed E-state index contributed by atoms with van der Waals surface area (Å²) in [6.45, 7) is 4.38. The molecule has 2 aromatic heterocycles. The molecule has 29 heavy (non-hydrogen) atoms. The Bertz CT molecular complexity index is 1090. The van der Waals surface area contributed by atoms with Crippen molar-refractivity contribution in [3.63, 3.8) is 0 Å². The number of nitrogens with zero attached hydrogens (tertiary/aromatic N) is 4. The molecule has 0 radical (unpaired) electrons. The van der Waals surface area contributed by atoms with Crippen molar-refractivity contribution in [1.29, 1.82) is 0 Å². The van der Waals surface area contributed by atoms with Gasteiger partial charge >= 0.3 is 0 Å². The van der Waals surface area contributed by atoms with Gasteiger partial charge in [0.15, 0.2) is 0 Å². The molecule has 1 fully saturated rings. The molecule has 3 heterocycles. The average molecular weight is 414 g/mol. The van der Waals surface area contributed by atoms with E-state index >= 15 is 0 Å². The molecule has 3 aromatic rings. The molecule has 9 heteroatoms. The SMILES string of the molecule is COc1cccc(CNC(=O)c2cc(=O)nc3sc(N4CCCC(C)C4)nn23)c1. The third-order valence-corrected chi connectivity index (χ3v) is 5.96. The standard InChI is InChI=1S/C20H23N5O3S/c1-13-5-4-8-24(12-13)20-23-25-16(10-17(26)22-19(25)29-20)18(27)21-11-14-6-3-7-15(9-14)28-2/h3,6-7,9-10,13H,4-5,8,11-12H2,1-2H3,(H,21,27). The van der Waals surface area contributed by atoms with E-state index in [9.17, 15) is 9.59 Å². The van der Waals surface area contributed by atoms with Crippen molar-refractivity contribution >= 4 is 27.3 Å². The molecule has 152 valence electrons. The van der Waals surface area contributed by atoms with Crippen LogP contribution in [0, 0.1) is 5.92 Å². The van der Waals surface area contributed by atoms with Gasteiger partial charge in [-0.3, -0.25) is 9.59 Å². The second kappa shape index (κ2) is 8.20. The Hall–Kier alpha value is -2.94. The maximum atomic E-state index is 12.8. The highest BCUT2D eigenvalue weighted by Gasteiger charge is 2.22. The van der Waals surface area contributed by atoms with Crippen LogP contribution >= 0.6 is 11.3 Å². The fraction of sp³-hybridized carbons (Fsp3) is 0.400. The summed E-state index contributed by atoms with van der Waals surface area (Å²) in [5.41, 5.74) is 0.644. The van der Waals surface area contributed by atoms with Crippen molar-refractivity contribution in [2.45, 2.75) is 26.3 Å². The van der Waals surface area contributed by atoms with Crippen molar-refractivity contribution in [2.75, 3.05) is 25.1 Å². The third kappa shape index (κ3) is 4.24. The van der Waals surface area contributed by atoms with Crippen molar-refractivity contribution in [3.05, 3.63) is 51.9 Å². The highest BCUT2D eigenvalue weighted by molar-refractivity contribution is 7.20. The molecule has 0 saturated carbocycles. The Morgan fingerprint density at radius 2 is 2.24 bits per heavy atom. The van der Waals surface area contributed by atoms with Crippen molar-refractivity contribution < 1.29 is 9.53 Å². The lowest BCUT2D eigenvalue weighted by Gasteiger charge is -2.30. The number of carbonyl (C=O) groups is 1. The number of ether oxygens (including phenoxy) is 1. The van der Waals surface area contributed by atoms with Crippen molar-refractivity contribution in [1.82, 2.24) is 19.9 Å². The van der Waals surface area contributed by atoms with E-state index in [2.05, 4.69) is 27.2 Å². The predicted molar refractivity (Wildman–Crippen MR) is 112 cm³/mol. The van der Waals surface area contributed by atoms with Gasteiger partial charge in [0.1, 0.15) is 11.4 Å². The molecular weight excluding hydrogens is 390 g/mol. The summed E-state index contributed by atoms with van der Waals surface area (Å²) in [6, 6.07) is 8.69. The molecule has 1 unspecified atom stereocenters. The van der Waals surface area contributed by atoms with Crippen LogP contribution in [-0.4, -0.2) is 40.7 Å². The molecule has 1 atom stereocenters. The van der Waals surface area contributed by atoms with Gasteiger partial charge in [-0.25, -0.2) is 0 Å². The van der Waals surface area contributed by atoms with Gasteiger partial charge in [0.25, 0.3) is 11.5 Å². The number of hydrogen-bond donors (Lipinski definition) is 1. The third-order valence-electron chi connectivity index (χ3n) is 4.99. The van der Waals surface area contributed by atoms with E-state index < -0.39 is 5.56 Å². The zero-order chi connectivity index (χ0) is 20.4. The molecule has 1 aliphatic rings. The second-order valence-electron chi connectivity index (χ2n) is 7.29. The highest BCUT2D eigenvalue weighted by Crippen LogP contribution is 2.27. The van der Waals surface area contributed by atoms with E-state index in [4.69, 9.17) is 4.74 Å². The molecule has 8 nitrogen and oxygen atoms in total. The predicted octanol–water partition coefficient (Wildman–Crippen LogP) is 2.33. The fourth-order valence-corrected chi connectivity index (χ4v) is 4.46. The van der Waals surface area contributed by atoms with Gasteiger partial charge in [-0.1, -0.05) is 30.4 Å². The van der Waals surface area contributed by atoms with Gasteiger partial charge in [0.05, 0.1) is 7.11 Å². The first-order valence-corrected chi connectivity index (χ1v) is 10.4. The van der Waals surface area contributed by atoms with E-state index in [1.165, 1.54) is 28.3 Å². The lowest BCUT2D eigenvalue weighted by molar-refractivity contribution is 0.0943. The van der Waals surface area contributed by atoms with Crippen LogP contribution in [0.2, 0.25) is 0 Å². The topological polar surface area (TPSA) is 88.8 Å². The van der Waals surface area contributed by atoms with Gasteiger partial charge in [0.2, 0.25) is 10.1 Å². The number of benzene rings is 1. The summed E-state index contributed by atoms with van der Waals surface area (Å²) < 4.78 is 6.68. The largest absolute Gasteiger partial charge is 0.497 e. The molecular formula is C20H23N5O3S. The quantitative estimate of drug-likeness (QED) is 0.691. The lowest BCUT2D eigenvalue weighted by Crippen LogP contribution is -2.34. The number of methoxy groups -OCH3 is 1.